The number of hydrazone groups is 1. The van der Waals surface area contributed by atoms with Gasteiger partial charge in [-0.15, -0.1) is 0 Å². The number of halogens is 1. The van der Waals surface area contributed by atoms with E-state index in [0.29, 0.717) is 11.4 Å². The monoisotopic (exact) mass is 417 g/mol. The summed E-state index contributed by atoms with van der Waals surface area (Å²) in [4.78, 5) is 36.3. The van der Waals surface area contributed by atoms with Gasteiger partial charge in [-0.1, -0.05) is 11.6 Å². The average Bonchev–Trinajstić information content (AvgIpc) is 2.66. The molecular weight excluding hydrogens is 398 g/mol. The summed E-state index contributed by atoms with van der Waals surface area (Å²) in [6.45, 7) is 1.60. The minimum atomic E-state index is -0.640. The Morgan fingerprint density at radius 1 is 1.17 bits per heavy atom. The lowest BCUT2D eigenvalue weighted by atomic mass is 10.2. The molecule has 0 radical (unpaired) electrons. The van der Waals surface area contributed by atoms with Crippen LogP contribution in [0.5, 0.6) is 0 Å². The molecule has 0 bridgehead atoms. The van der Waals surface area contributed by atoms with Gasteiger partial charge >= 0.3 is 0 Å². The van der Waals surface area contributed by atoms with Crippen molar-refractivity contribution in [3.05, 3.63) is 63.2 Å². The first-order chi connectivity index (χ1) is 13.7. The molecule has 0 aliphatic rings. The second kappa shape index (κ2) is 9.65. The third-order valence-electron chi connectivity index (χ3n) is 3.84. The van der Waals surface area contributed by atoms with E-state index < -0.39 is 10.8 Å². The van der Waals surface area contributed by atoms with Gasteiger partial charge in [0, 0.05) is 42.8 Å². The molecule has 0 saturated heterocycles. The number of nitrogens with one attached hydrogen (secondary N) is 2. The number of carbonyl (C=O) groups excluding carboxylic acids is 2. The zero-order valence-corrected chi connectivity index (χ0v) is 16.9. The van der Waals surface area contributed by atoms with Crippen LogP contribution in [0.2, 0.25) is 5.02 Å². The summed E-state index contributed by atoms with van der Waals surface area (Å²) in [5.74, 6) is -0.877. The number of hydrogen-bond donors (Lipinski definition) is 2. The summed E-state index contributed by atoms with van der Waals surface area (Å²) < 4.78 is 0. The summed E-state index contributed by atoms with van der Waals surface area (Å²) in [6, 6.07) is 10.9. The number of carbonyl (C=O) groups is 2. The van der Waals surface area contributed by atoms with Gasteiger partial charge in [0.05, 0.1) is 11.3 Å². The molecule has 0 saturated carbocycles. The van der Waals surface area contributed by atoms with Crippen LogP contribution in [0.1, 0.15) is 23.7 Å². The molecular formula is C19H20ClN5O4. The lowest BCUT2D eigenvalue weighted by Gasteiger charge is -2.13. The third-order valence-corrected chi connectivity index (χ3v) is 4.14. The van der Waals surface area contributed by atoms with Crippen LogP contribution >= 0.6 is 11.6 Å². The Labute approximate surface area is 172 Å². The quantitative estimate of drug-likeness (QED) is 0.406. The standard InChI is InChI=1S/C19H20ClN5O4/c1-12(10-18(26)21-14-5-7-15(8-6-14)24(2)3)22-23-19(27)13-4-9-17(25(28)29)16(20)11-13/h4-9,11H,10H2,1-3H3,(H,21,26)(H,23,27)/b22-12+. The molecule has 29 heavy (non-hydrogen) atoms. The first kappa shape index (κ1) is 21.8. The van der Waals surface area contributed by atoms with Gasteiger partial charge in [-0.25, -0.2) is 5.43 Å². The van der Waals surface area contributed by atoms with E-state index in [1.54, 1.807) is 19.1 Å². The van der Waals surface area contributed by atoms with E-state index in [1.807, 2.05) is 31.1 Å². The molecule has 2 aromatic rings. The first-order valence-corrected chi connectivity index (χ1v) is 8.90. The predicted molar refractivity (Wildman–Crippen MR) is 113 cm³/mol. The Morgan fingerprint density at radius 3 is 2.38 bits per heavy atom. The molecule has 0 heterocycles. The Kier molecular flexibility index (Phi) is 7.27. The minimum absolute atomic E-state index is 0.0171. The van der Waals surface area contributed by atoms with Crippen molar-refractivity contribution >= 4 is 46.2 Å². The van der Waals surface area contributed by atoms with Crippen molar-refractivity contribution in [1.29, 1.82) is 0 Å². The van der Waals surface area contributed by atoms with Crippen LogP contribution in [0.25, 0.3) is 0 Å². The van der Waals surface area contributed by atoms with Crippen molar-refractivity contribution in [3.63, 3.8) is 0 Å². The molecule has 152 valence electrons. The second-order valence-corrected chi connectivity index (χ2v) is 6.78. The summed E-state index contributed by atoms with van der Waals surface area (Å²) in [5, 5.41) is 17.2. The normalized spacial score (nSPS) is 11.0. The largest absolute Gasteiger partial charge is 0.378 e. The molecule has 2 N–H and O–H groups in total. The fourth-order valence-electron chi connectivity index (χ4n) is 2.33. The summed E-state index contributed by atoms with van der Waals surface area (Å²) >= 11 is 5.79. The van der Waals surface area contributed by atoms with Gasteiger partial charge < -0.3 is 10.2 Å². The summed E-state index contributed by atoms with van der Waals surface area (Å²) in [5.41, 5.74) is 4.16. The molecule has 0 unspecified atom stereocenters. The fraction of sp³-hybridized carbons (Fsp3) is 0.211. The highest BCUT2D eigenvalue weighted by Crippen LogP contribution is 2.24. The molecule has 2 rings (SSSR count). The van der Waals surface area contributed by atoms with Crippen molar-refractivity contribution in [1.82, 2.24) is 5.43 Å². The number of amides is 2. The van der Waals surface area contributed by atoms with Gasteiger partial charge in [-0.3, -0.25) is 19.7 Å². The lowest BCUT2D eigenvalue weighted by molar-refractivity contribution is -0.384. The summed E-state index contributed by atoms with van der Waals surface area (Å²) in [7, 11) is 3.85. The second-order valence-electron chi connectivity index (χ2n) is 6.38. The smallest absolute Gasteiger partial charge is 0.287 e. The van der Waals surface area contributed by atoms with Gasteiger partial charge in [-0.2, -0.15) is 5.10 Å². The Bertz CT molecular complexity index is 958. The highest BCUT2D eigenvalue weighted by Gasteiger charge is 2.15. The molecule has 0 aliphatic carbocycles. The topological polar surface area (TPSA) is 117 Å². The van der Waals surface area contributed by atoms with Crippen molar-refractivity contribution in [2.75, 3.05) is 24.3 Å². The number of nitrogens with zero attached hydrogens (tertiary/aromatic N) is 3. The van der Waals surface area contributed by atoms with E-state index in [2.05, 4.69) is 15.8 Å². The van der Waals surface area contributed by atoms with Crippen LogP contribution in [0.15, 0.2) is 47.6 Å². The average molecular weight is 418 g/mol. The predicted octanol–water partition coefficient (Wildman–Crippen LogP) is 3.45. The van der Waals surface area contributed by atoms with Gasteiger partial charge in [0.2, 0.25) is 5.91 Å². The molecule has 10 heteroatoms. The molecule has 0 atom stereocenters. The van der Waals surface area contributed by atoms with E-state index in [-0.39, 0.29) is 28.6 Å². The van der Waals surface area contributed by atoms with E-state index in [1.165, 1.54) is 12.1 Å². The maximum absolute atomic E-state index is 12.1. The Morgan fingerprint density at radius 2 is 1.83 bits per heavy atom. The van der Waals surface area contributed by atoms with E-state index >= 15 is 0 Å². The maximum Gasteiger partial charge on any atom is 0.287 e. The molecule has 0 spiro atoms. The highest BCUT2D eigenvalue weighted by molar-refractivity contribution is 6.33. The Balaban J connectivity index is 1.92. The number of benzene rings is 2. The van der Waals surface area contributed by atoms with Gasteiger partial charge in [0.15, 0.2) is 0 Å². The van der Waals surface area contributed by atoms with Crippen molar-refractivity contribution in [2.45, 2.75) is 13.3 Å². The van der Waals surface area contributed by atoms with Crippen LogP contribution in [0.4, 0.5) is 17.1 Å². The molecule has 9 nitrogen and oxygen atoms in total. The van der Waals surface area contributed by atoms with Crippen molar-refractivity contribution in [3.8, 4) is 0 Å². The van der Waals surface area contributed by atoms with Crippen LogP contribution in [0.3, 0.4) is 0 Å². The van der Waals surface area contributed by atoms with Crippen LogP contribution < -0.4 is 15.6 Å². The number of hydrogen-bond acceptors (Lipinski definition) is 6. The SMILES string of the molecule is C/C(CC(=O)Nc1ccc(N(C)C)cc1)=N\NC(=O)c1ccc([N+](=O)[O-])c(Cl)c1. The van der Waals surface area contributed by atoms with E-state index in [0.717, 1.165) is 11.8 Å². The van der Waals surface area contributed by atoms with E-state index in [4.69, 9.17) is 11.6 Å². The summed E-state index contributed by atoms with van der Waals surface area (Å²) in [6.07, 6.45) is -0.0171. The maximum atomic E-state index is 12.1. The fourth-order valence-corrected chi connectivity index (χ4v) is 2.58. The van der Waals surface area contributed by atoms with Gasteiger partial charge in [-0.05, 0) is 43.3 Å². The van der Waals surface area contributed by atoms with E-state index in [9.17, 15) is 19.7 Å². The van der Waals surface area contributed by atoms with Crippen molar-refractivity contribution in [2.24, 2.45) is 5.10 Å². The van der Waals surface area contributed by atoms with Crippen LogP contribution in [-0.2, 0) is 4.79 Å². The number of rotatable bonds is 7. The molecule has 0 aromatic heterocycles. The Hall–Kier alpha value is -3.46. The number of anilines is 2. The molecule has 0 fully saturated rings. The minimum Gasteiger partial charge on any atom is -0.378 e. The molecule has 0 aliphatic heterocycles. The zero-order chi connectivity index (χ0) is 21.6. The molecule has 2 amide bonds. The lowest BCUT2D eigenvalue weighted by Crippen LogP contribution is -2.21. The van der Waals surface area contributed by atoms with Crippen LogP contribution in [0, 0.1) is 10.1 Å². The zero-order valence-electron chi connectivity index (χ0n) is 16.1. The molecule has 2 aromatic carbocycles. The third kappa shape index (κ3) is 6.28. The van der Waals surface area contributed by atoms with Crippen LogP contribution in [-0.4, -0.2) is 36.5 Å². The highest BCUT2D eigenvalue weighted by atomic mass is 35.5. The van der Waals surface area contributed by atoms with Crippen molar-refractivity contribution < 1.29 is 14.5 Å². The first-order valence-electron chi connectivity index (χ1n) is 8.52. The number of nitro groups is 1. The number of nitro benzene ring substituents is 1. The van der Waals surface area contributed by atoms with Gasteiger partial charge in [0.1, 0.15) is 5.02 Å². The van der Waals surface area contributed by atoms with Gasteiger partial charge in [0.25, 0.3) is 11.6 Å².